The zero-order valence-corrected chi connectivity index (χ0v) is 16.8. The van der Waals surface area contributed by atoms with Gasteiger partial charge in [-0.3, -0.25) is 9.59 Å². The molecule has 0 fully saturated rings. The highest BCUT2D eigenvalue weighted by Crippen LogP contribution is 2.20. The zero-order valence-electron chi connectivity index (χ0n) is 14.4. The number of methoxy groups -OCH3 is 1. The number of halogens is 1. The molecule has 0 radical (unpaired) electrons. The minimum atomic E-state index is -0.764. The second-order valence-corrected chi connectivity index (χ2v) is 7.57. The number of benzene rings is 1. The lowest BCUT2D eigenvalue weighted by molar-refractivity contribution is -0.118. The highest BCUT2D eigenvalue weighted by molar-refractivity contribution is 9.10. The molecule has 2 amide bonds. The number of hydrogen-bond acceptors (Lipinski definition) is 6. The molecular formula is C17H18BrN3O4S. The van der Waals surface area contributed by atoms with E-state index in [2.05, 4.69) is 36.3 Å². The number of nitrogens with zero attached hydrogens (tertiary/aromatic N) is 1. The number of esters is 1. The molecule has 1 atom stereocenters. The third kappa shape index (κ3) is 4.89. The molecule has 1 aromatic heterocycles. The van der Waals surface area contributed by atoms with E-state index in [0.717, 1.165) is 11.3 Å². The minimum Gasteiger partial charge on any atom is -0.465 e. The summed E-state index contributed by atoms with van der Waals surface area (Å²) in [6.07, 6.45) is 1.33. The average molecular weight is 440 g/mol. The van der Waals surface area contributed by atoms with Crippen molar-refractivity contribution in [3.05, 3.63) is 45.4 Å². The fraction of sp³-hybridized carbons (Fsp3) is 0.294. The molecule has 1 heterocycles. The third-order valence-corrected chi connectivity index (χ3v) is 5.06. The fourth-order valence-electron chi connectivity index (χ4n) is 2.11. The van der Waals surface area contributed by atoms with Crippen LogP contribution in [0.4, 0.5) is 5.13 Å². The van der Waals surface area contributed by atoms with E-state index in [1.165, 1.54) is 13.3 Å². The molecule has 26 heavy (non-hydrogen) atoms. The van der Waals surface area contributed by atoms with Gasteiger partial charge in [0, 0.05) is 4.47 Å². The second-order valence-electron chi connectivity index (χ2n) is 5.69. The molecular weight excluding hydrogens is 422 g/mol. The van der Waals surface area contributed by atoms with Crippen molar-refractivity contribution in [3.8, 4) is 0 Å². The van der Waals surface area contributed by atoms with Crippen LogP contribution in [0.2, 0.25) is 0 Å². The van der Waals surface area contributed by atoms with Crippen LogP contribution in [0.15, 0.2) is 34.9 Å². The third-order valence-electron chi connectivity index (χ3n) is 3.48. The van der Waals surface area contributed by atoms with Crippen molar-refractivity contribution in [2.24, 2.45) is 5.92 Å². The maximum Gasteiger partial charge on any atom is 0.349 e. The first-order valence-electron chi connectivity index (χ1n) is 7.74. The van der Waals surface area contributed by atoms with Crippen LogP contribution in [-0.2, 0) is 9.53 Å². The maximum absolute atomic E-state index is 12.6. The molecule has 0 bridgehead atoms. The van der Waals surface area contributed by atoms with Crippen molar-refractivity contribution < 1.29 is 19.1 Å². The van der Waals surface area contributed by atoms with Crippen molar-refractivity contribution in [2.75, 3.05) is 12.4 Å². The van der Waals surface area contributed by atoms with E-state index in [-0.39, 0.29) is 21.8 Å². The van der Waals surface area contributed by atoms with Crippen LogP contribution < -0.4 is 10.6 Å². The highest BCUT2D eigenvalue weighted by atomic mass is 79.9. The van der Waals surface area contributed by atoms with E-state index >= 15 is 0 Å². The summed E-state index contributed by atoms with van der Waals surface area (Å²) in [5.74, 6) is -1.45. The van der Waals surface area contributed by atoms with E-state index in [4.69, 9.17) is 0 Å². The highest BCUT2D eigenvalue weighted by Gasteiger charge is 2.26. The lowest BCUT2D eigenvalue weighted by Gasteiger charge is -2.21. The van der Waals surface area contributed by atoms with Gasteiger partial charge in [-0.25, -0.2) is 9.78 Å². The summed E-state index contributed by atoms with van der Waals surface area (Å²) in [7, 11) is 1.27. The normalized spacial score (nSPS) is 11.7. The summed E-state index contributed by atoms with van der Waals surface area (Å²) < 4.78 is 5.25. The van der Waals surface area contributed by atoms with Gasteiger partial charge in [0.25, 0.3) is 5.91 Å². The van der Waals surface area contributed by atoms with Crippen molar-refractivity contribution in [2.45, 2.75) is 19.9 Å². The molecule has 1 aromatic carbocycles. The summed E-state index contributed by atoms with van der Waals surface area (Å²) in [6, 6.07) is 6.20. The van der Waals surface area contributed by atoms with E-state index < -0.39 is 17.9 Å². The summed E-state index contributed by atoms with van der Waals surface area (Å²) in [6.45, 7) is 3.65. The molecule has 0 saturated heterocycles. The molecule has 0 saturated carbocycles. The van der Waals surface area contributed by atoms with Gasteiger partial charge < -0.3 is 15.4 Å². The number of aromatic nitrogens is 1. The van der Waals surface area contributed by atoms with Crippen LogP contribution in [0.3, 0.4) is 0 Å². The Morgan fingerprint density at radius 2 is 1.92 bits per heavy atom. The Labute approximate surface area is 163 Å². The van der Waals surface area contributed by atoms with E-state index in [0.29, 0.717) is 10.0 Å². The van der Waals surface area contributed by atoms with Gasteiger partial charge in [-0.15, -0.1) is 0 Å². The van der Waals surface area contributed by atoms with Gasteiger partial charge in [-0.1, -0.05) is 37.3 Å². The number of rotatable bonds is 6. The Bertz CT molecular complexity index is 822. The Balaban J connectivity index is 2.10. The number of nitrogens with one attached hydrogen (secondary N) is 2. The number of hydrogen-bond donors (Lipinski definition) is 2. The van der Waals surface area contributed by atoms with E-state index in [1.54, 1.807) is 24.3 Å². The van der Waals surface area contributed by atoms with Crippen LogP contribution in [0.25, 0.3) is 0 Å². The van der Waals surface area contributed by atoms with Gasteiger partial charge in [-0.2, -0.15) is 0 Å². The number of carbonyl (C=O) groups excluding carboxylic acids is 3. The number of ether oxygens (including phenoxy) is 1. The Kier molecular flexibility index (Phi) is 6.87. The zero-order chi connectivity index (χ0) is 19.3. The first-order valence-corrected chi connectivity index (χ1v) is 9.34. The van der Waals surface area contributed by atoms with Gasteiger partial charge in [-0.05, 0) is 34.0 Å². The molecule has 0 unspecified atom stereocenters. The lowest BCUT2D eigenvalue weighted by atomic mass is 10.0. The standard InChI is InChI=1S/C17H18BrN3O4S/c1-9(2)13(20-14(22)10-6-4-5-7-11(10)18)15(23)21-17-19-8-12(26-17)16(24)25-3/h4-9,13H,1-3H3,(H,20,22)(H,19,21,23)/t13-/m1/s1. The summed E-state index contributed by atoms with van der Waals surface area (Å²) >= 11 is 4.33. The van der Waals surface area contributed by atoms with Gasteiger partial charge in [0.1, 0.15) is 10.9 Å². The topological polar surface area (TPSA) is 97.4 Å². The van der Waals surface area contributed by atoms with Crippen molar-refractivity contribution in [1.82, 2.24) is 10.3 Å². The summed E-state index contributed by atoms with van der Waals surface area (Å²) in [5, 5.41) is 5.63. The number of carbonyl (C=O) groups is 3. The minimum absolute atomic E-state index is 0.151. The van der Waals surface area contributed by atoms with Gasteiger partial charge >= 0.3 is 5.97 Å². The average Bonchev–Trinajstić information content (AvgIpc) is 3.07. The molecule has 0 aliphatic carbocycles. The maximum atomic E-state index is 12.6. The van der Waals surface area contributed by atoms with Crippen LogP contribution in [0.5, 0.6) is 0 Å². The van der Waals surface area contributed by atoms with Crippen LogP contribution in [0, 0.1) is 5.92 Å². The second kappa shape index (κ2) is 8.91. The molecule has 138 valence electrons. The molecule has 0 spiro atoms. The predicted octanol–water partition coefficient (Wildman–Crippen LogP) is 3.09. The Hall–Kier alpha value is -2.26. The Morgan fingerprint density at radius 3 is 2.54 bits per heavy atom. The van der Waals surface area contributed by atoms with Crippen LogP contribution >= 0.6 is 27.3 Å². The first-order chi connectivity index (χ1) is 12.3. The number of thiazole rings is 1. The summed E-state index contributed by atoms with van der Waals surface area (Å²) in [4.78, 5) is 40.8. The monoisotopic (exact) mass is 439 g/mol. The molecule has 2 N–H and O–H groups in total. The lowest BCUT2D eigenvalue weighted by Crippen LogP contribution is -2.47. The molecule has 9 heteroatoms. The predicted molar refractivity (Wildman–Crippen MR) is 102 cm³/mol. The van der Waals surface area contributed by atoms with Gasteiger partial charge in [0.2, 0.25) is 5.91 Å². The molecule has 2 rings (SSSR count). The Morgan fingerprint density at radius 1 is 1.23 bits per heavy atom. The fourth-order valence-corrected chi connectivity index (χ4v) is 3.31. The molecule has 0 aliphatic heterocycles. The number of amides is 2. The molecule has 0 aliphatic rings. The van der Waals surface area contributed by atoms with Crippen LogP contribution in [0.1, 0.15) is 33.9 Å². The van der Waals surface area contributed by atoms with E-state index in [1.807, 2.05) is 13.8 Å². The SMILES string of the molecule is COC(=O)c1cnc(NC(=O)[C@H](NC(=O)c2ccccc2Br)C(C)C)s1. The number of anilines is 1. The van der Waals surface area contributed by atoms with Gasteiger partial charge in [0.05, 0.1) is 18.9 Å². The first kappa shape index (κ1) is 20.1. The van der Waals surface area contributed by atoms with Crippen molar-refractivity contribution in [1.29, 1.82) is 0 Å². The van der Waals surface area contributed by atoms with Crippen molar-refractivity contribution in [3.63, 3.8) is 0 Å². The molecule has 7 nitrogen and oxygen atoms in total. The summed E-state index contributed by atoms with van der Waals surface area (Å²) in [5.41, 5.74) is 0.438. The van der Waals surface area contributed by atoms with Crippen LogP contribution in [-0.4, -0.2) is 35.9 Å². The van der Waals surface area contributed by atoms with E-state index in [9.17, 15) is 14.4 Å². The van der Waals surface area contributed by atoms with Gasteiger partial charge in [0.15, 0.2) is 5.13 Å². The smallest absolute Gasteiger partial charge is 0.349 e. The van der Waals surface area contributed by atoms with Crippen molar-refractivity contribution >= 4 is 50.2 Å². The quantitative estimate of drug-likeness (QED) is 0.673. The largest absolute Gasteiger partial charge is 0.465 e. The molecule has 2 aromatic rings.